The Morgan fingerprint density at radius 2 is 1.96 bits per heavy atom. The van der Waals surface area contributed by atoms with Crippen LogP contribution in [0.15, 0.2) is 36.7 Å². The van der Waals surface area contributed by atoms with E-state index < -0.39 is 17.2 Å². The van der Waals surface area contributed by atoms with Gasteiger partial charge in [0.05, 0.1) is 24.5 Å². The van der Waals surface area contributed by atoms with Crippen molar-refractivity contribution in [3.63, 3.8) is 0 Å². The zero-order valence-electron chi connectivity index (χ0n) is 14.4. The normalized spacial score (nSPS) is 13.6. The van der Waals surface area contributed by atoms with E-state index in [1.54, 1.807) is 40.1 Å². The first-order valence-electron chi connectivity index (χ1n) is 7.71. The minimum absolute atomic E-state index is 0.0988. The fourth-order valence-electron chi connectivity index (χ4n) is 2.19. The Hall–Kier alpha value is -2.81. The van der Waals surface area contributed by atoms with Crippen LogP contribution in [-0.2, 0) is 4.74 Å². The third-order valence-electron chi connectivity index (χ3n) is 3.31. The Labute approximate surface area is 141 Å². The summed E-state index contributed by atoms with van der Waals surface area (Å²) in [4.78, 5) is 16.0. The number of carbonyl (C=O) groups excluding carboxylic acids is 1. The van der Waals surface area contributed by atoms with Gasteiger partial charge in [0.25, 0.3) is 0 Å². The summed E-state index contributed by atoms with van der Waals surface area (Å²) in [6.07, 6.45) is 2.89. The van der Waals surface area contributed by atoms with Crippen molar-refractivity contribution in [2.75, 3.05) is 11.9 Å². The number of nitrogens with one attached hydrogen (secondary N) is 2. The molecule has 0 saturated carbocycles. The molecule has 0 saturated heterocycles. The van der Waals surface area contributed by atoms with Gasteiger partial charge >= 0.3 is 6.09 Å². The molecule has 126 valence electrons. The van der Waals surface area contributed by atoms with Crippen molar-refractivity contribution in [3.05, 3.63) is 36.7 Å². The van der Waals surface area contributed by atoms with E-state index in [9.17, 15) is 10.1 Å². The average molecular weight is 326 g/mol. The molecule has 0 fully saturated rings. The Kier molecular flexibility index (Phi) is 4.93. The van der Waals surface area contributed by atoms with Crippen LogP contribution in [0.4, 0.5) is 10.5 Å². The Morgan fingerprint density at radius 3 is 2.62 bits per heavy atom. The fraction of sp³-hybridized carbons (Fsp3) is 0.389. The van der Waals surface area contributed by atoms with Gasteiger partial charge in [-0.05, 0) is 27.7 Å². The smallest absolute Gasteiger partial charge is 0.407 e. The van der Waals surface area contributed by atoms with Crippen molar-refractivity contribution >= 4 is 22.6 Å². The summed E-state index contributed by atoms with van der Waals surface area (Å²) >= 11 is 0. The molecular formula is C18H22N4O2. The van der Waals surface area contributed by atoms with Gasteiger partial charge in [-0.15, -0.1) is 0 Å². The van der Waals surface area contributed by atoms with Gasteiger partial charge in [0.1, 0.15) is 11.1 Å². The molecule has 2 rings (SSSR count). The Morgan fingerprint density at radius 1 is 1.25 bits per heavy atom. The number of rotatable bonds is 4. The number of anilines is 1. The topological polar surface area (TPSA) is 87.0 Å². The lowest BCUT2D eigenvalue weighted by Crippen LogP contribution is -2.46. The minimum atomic E-state index is -0.997. The van der Waals surface area contributed by atoms with E-state index in [2.05, 4.69) is 21.7 Å². The second-order valence-corrected chi connectivity index (χ2v) is 6.83. The van der Waals surface area contributed by atoms with Gasteiger partial charge in [-0.3, -0.25) is 4.98 Å². The van der Waals surface area contributed by atoms with Gasteiger partial charge in [-0.1, -0.05) is 24.3 Å². The van der Waals surface area contributed by atoms with Crippen molar-refractivity contribution in [2.45, 2.75) is 38.8 Å². The summed E-state index contributed by atoms with van der Waals surface area (Å²) in [6, 6.07) is 9.97. The second kappa shape index (κ2) is 6.75. The standard InChI is InChI=1S/C18H22N4O2/c1-17(2,3)24-16(23)21-12-18(4,11-19)22-15-10-20-9-13-7-5-6-8-14(13)15/h5-10,22H,12H2,1-4H3,(H,21,23). The number of aromatic nitrogens is 1. The Balaban J connectivity index is 2.12. The van der Waals surface area contributed by atoms with Crippen LogP contribution in [0.1, 0.15) is 27.7 Å². The monoisotopic (exact) mass is 326 g/mol. The summed E-state index contributed by atoms with van der Waals surface area (Å²) in [5.41, 5.74) is -0.842. The molecule has 6 heteroatoms. The van der Waals surface area contributed by atoms with Gasteiger partial charge in [0.15, 0.2) is 0 Å². The summed E-state index contributed by atoms with van der Waals surface area (Å²) in [5.74, 6) is 0. The van der Waals surface area contributed by atoms with Crippen LogP contribution in [0.2, 0.25) is 0 Å². The van der Waals surface area contributed by atoms with Crippen molar-refractivity contribution < 1.29 is 9.53 Å². The predicted molar refractivity (Wildman–Crippen MR) is 93.6 cm³/mol. The Bertz CT molecular complexity index is 771. The van der Waals surface area contributed by atoms with Crippen LogP contribution in [0.3, 0.4) is 0 Å². The molecule has 0 spiro atoms. The maximum absolute atomic E-state index is 11.8. The van der Waals surface area contributed by atoms with Gasteiger partial charge < -0.3 is 15.4 Å². The molecular weight excluding hydrogens is 304 g/mol. The van der Waals surface area contributed by atoms with Crippen LogP contribution in [0.25, 0.3) is 10.8 Å². The lowest BCUT2D eigenvalue weighted by Gasteiger charge is -2.26. The molecule has 0 aliphatic heterocycles. The third-order valence-corrected chi connectivity index (χ3v) is 3.31. The lowest BCUT2D eigenvalue weighted by molar-refractivity contribution is 0.0522. The van der Waals surface area contributed by atoms with Gasteiger partial charge in [-0.2, -0.15) is 5.26 Å². The van der Waals surface area contributed by atoms with E-state index in [-0.39, 0.29) is 6.54 Å². The molecule has 0 aliphatic rings. The summed E-state index contributed by atoms with van der Waals surface area (Å²) in [5, 5.41) is 17.3. The zero-order chi connectivity index (χ0) is 17.8. The number of carbonyl (C=O) groups is 1. The van der Waals surface area contributed by atoms with Crippen molar-refractivity contribution in [3.8, 4) is 6.07 Å². The van der Waals surface area contributed by atoms with Crippen molar-refractivity contribution in [1.29, 1.82) is 5.26 Å². The number of amides is 1. The number of nitrogens with zero attached hydrogens (tertiary/aromatic N) is 2. The number of pyridine rings is 1. The van der Waals surface area contributed by atoms with E-state index in [4.69, 9.17) is 4.74 Å². The van der Waals surface area contributed by atoms with E-state index in [1.807, 2.05) is 24.3 Å². The van der Waals surface area contributed by atoms with Crippen molar-refractivity contribution in [1.82, 2.24) is 10.3 Å². The number of nitriles is 1. The van der Waals surface area contributed by atoms with Gasteiger partial charge in [-0.25, -0.2) is 4.79 Å². The highest BCUT2D eigenvalue weighted by atomic mass is 16.6. The van der Waals surface area contributed by atoms with Crippen LogP contribution >= 0.6 is 0 Å². The highest BCUT2D eigenvalue weighted by molar-refractivity contribution is 5.93. The summed E-state index contributed by atoms with van der Waals surface area (Å²) in [6.45, 7) is 7.18. The molecule has 1 unspecified atom stereocenters. The largest absolute Gasteiger partial charge is 0.444 e. The molecule has 0 radical (unpaired) electrons. The maximum atomic E-state index is 11.8. The fourth-order valence-corrected chi connectivity index (χ4v) is 2.19. The molecule has 2 aromatic rings. The van der Waals surface area contributed by atoms with Gasteiger partial charge in [0.2, 0.25) is 0 Å². The second-order valence-electron chi connectivity index (χ2n) is 6.83. The van der Waals surface area contributed by atoms with Crippen LogP contribution in [0, 0.1) is 11.3 Å². The molecule has 1 heterocycles. The lowest BCUT2D eigenvalue weighted by atomic mass is 10.0. The molecule has 0 aliphatic carbocycles. The number of fused-ring (bicyclic) bond motifs is 1. The summed E-state index contributed by atoms with van der Waals surface area (Å²) < 4.78 is 5.20. The molecule has 24 heavy (non-hydrogen) atoms. The van der Waals surface area contributed by atoms with E-state index in [0.29, 0.717) is 0 Å². The molecule has 6 nitrogen and oxygen atoms in total. The van der Waals surface area contributed by atoms with E-state index in [1.165, 1.54) is 0 Å². The first-order chi connectivity index (χ1) is 11.2. The number of hydrogen-bond donors (Lipinski definition) is 2. The minimum Gasteiger partial charge on any atom is -0.444 e. The molecule has 1 aromatic carbocycles. The zero-order valence-corrected chi connectivity index (χ0v) is 14.4. The quantitative estimate of drug-likeness (QED) is 0.898. The maximum Gasteiger partial charge on any atom is 0.407 e. The predicted octanol–water partition coefficient (Wildman–Crippen LogP) is 3.45. The molecule has 1 atom stereocenters. The average Bonchev–Trinajstić information content (AvgIpc) is 2.52. The van der Waals surface area contributed by atoms with E-state index in [0.717, 1.165) is 16.5 Å². The summed E-state index contributed by atoms with van der Waals surface area (Å²) in [7, 11) is 0. The van der Waals surface area contributed by atoms with Crippen LogP contribution < -0.4 is 10.6 Å². The van der Waals surface area contributed by atoms with Crippen LogP contribution in [0.5, 0.6) is 0 Å². The number of alkyl carbamates (subject to hydrolysis) is 1. The number of hydrogen-bond acceptors (Lipinski definition) is 5. The number of ether oxygens (including phenoxy) is 1. The molecule has 1 amide bonds. The third kappa shape index (κ3) is 4.59. The molecule has 1 aromatic heterocycles. The highest BCUT2D eigenvalue weighted by Gasteiger charge is 2.26. The first kappa shape index (κ1) is 17.5. The molecule has 0 bridgehead atoms. The SMILES string of the molecule is CC(C#N)(CNC(=O)OC(C)(C)C)Nc1cncc2ccccc12. The van der Waals surface area contributed by atoms with Gasteiger partial charge in [0, 0.05) is 17.0 Å². The van der Waals surface area contributed by atoms with E-state index >= 15 is 0 Å². The first-order valence-corrected chi connectivity index (χ1v) is 7.71. The molecule has 2 N–H and O–H groups in total. The van der Waals surface area contributed by atoms with Crippen LogP contribution in [-0.4, -0.2) is 28.8 Å². The van der Waals surface area contributed by atoms with Crippen molar-refractivity contribution in [2.24, 2.45) is 0 Å². The highest BCUT2D eigenvalue weighted by Crippen LogP contribution is 2.24. The number of benzene rings is 1.